The molecule has 2 aromatic rings. The molecule has 0 aliphatic rings. The minimum atomic E-state index is 0.554. The molecule has 0 bridgehead atoms. The van der Waals surface area contributed by atoms with Gasteiger partial charge in [0.1, 0.15) is 12.4 Å². The third kappa shape index (κ3) is 5.58. The number of guanidine groups is 1. The number of nitrogens with zero attached hydrogens (tertiary/aromatic N) is 3. The van der Waals surface area contributed by atoms with Gasteiger partial charge in [-0.1, -0.05) is 12.1 Å². The van der Waals surface area contributed by atoms with Crippen molar-refractivity contribution in [2.24, 2.45) is 12.0 Å². The van der Waals surface area contributed by atoms with E-state index in [4.69, 9.17) is 9.47 Å². The molecule has 7 nitrogen and oxygen atoms in total. The van der Waals surface area contributed by atoms with Gasteiger partial charge in [-0.3, -0.25) is 9.67 Å². The normalized spacial score (nSPS) is 11.4. The highest BCUT2D eigenvalue weighted by Crippen LogP contribution is 2.11. The number of ether oxygens (including phenoxy) is 2. The molecule has 0 aliphatic heterocycles. The van der Waals surface area contributed by atoms with Crippen molar-refractivity contribution in [3.63, 3.8) is 0 Å². The zero-order valence-electron chi connectivity index (χ0n) is 14.5. The van der Waals surface area contributed by atoms with Crippen molar-refractivity contribution in [3.8, 4) is 5.75 Å². The van der Waals surface area contributed by atoms with Gasteiger partial charge in [-0.15, -0.1) is 0 Å². The van der Waals surface area contributed by atoms with Gasteiger partial charge in [0.25, 0.3) is 0 Å². The van der Waals surface area contributed by atoms with Crippen molar-refractivity contribution < 1.29 is 9.47 Å². The van der Waals surface area contributed by atoms with Crippen LogP contribution in [0.15, 0.2) is 41.5 Å². The molecular weight excluding hydrogens is 306 g/mol. The monoisotopic (exact) mass is 331 g/mol. The third-order valence-corrected chi connectivity index (χ3v) is 3.52. The SMILES string of the molecule is CN=C(NCc1ccc(OCCOC)cc1)NCc1ccnn1C. The molecule has 24 heavy (non-hydrogen) atoms. The van der Waals surface area contributed by atoms with E-state index in [1.165, 1.54) is 0 Å². The average Bonchev–Trinajstić information content (AvgIpc) is 3.01. The summed E-state index contributed by atoms with van der Waals surface area (Å²) in [5.74, 6) is 1.59. The molecule has 1 heterocycles. The molecule has 0 fully saturated rings. The molecule has 0 amide bonds. The Kier molecular flexibility index (Phi) is 7.10. The second-order valence-electron chi connectivity index (χ2n) is 5.21. The highest BCUT2D eigenvalue weighted by molar-refractivity contribution is 5.79. The highest BCUT2D eigenvalue weighted by atomic mass is 16.5. The number of nitrogens with one attached hydrogen (secondary N) is 2. The lowest BCUT2D eigenvalue weighted by atomic mass is 10.2. The largest absolute Gasteiger partial charge is 0.491 e. The molecule has 0 aliphatic carbocycles. The Hall–Kier alpha value is -2.54. The topological polar surface area (TPSA) is 72.7 Å². The highest BCUT2D eigenvalue weighted by Gasteiger charge is 2.02. The molecule has 0 saturated carbocycles. The van der Waals surface area contributed by atoms with E-state index < -0.39 is 0 Å². The van der Waals surface area contributed by atoms with Crippen LogP contribution in [0.1, 0.15) is 11.3 Å². The second-order valence-corrected chi connectivity index (χ2v) is 5.21. The molecular formula is C17H25N5O2. The molecule has 1 aromatic carbocycles. The molecule has 0 radical (unpaired) electrons. The van der Waals surface area contributed by atoms with Gasteiger partial charge in [0.15, 0.2) is 5.96 Å². The molecule has 2 rings (SSSR count). The summed E-state index contributed by atoms with van der Waals surface area (Å²) in [6, 6.07) is 9.95. The van der Waals surface area contributed by atoms with Crippen LogP contribution in [-0.2, 0) is 24.9 Å². The maximum absolute atomic E-state index is 5.55. The minimum absolute atomic E-state index is 0.554. The van der Waals surface area contributed by atoms with E-state index in [1.807, 2.05) is 42.1 Å². The van der Waals surface area contributed by atoms with Crippen molar-refractivity contribution in [1.82, 2.24) is 20.4 Å². The van der Waals surface area contributed by atoms with Crippen molar-refractivity contribution in [3.05, 3.63) is 47.8 Å². The number of aryl methyl sites for hydroxylation is 1. The van der Waals surface area contributed by atoms with Gasteiger partial charge in [0, 0.05) is 33.9 Å². The van der Waals surface area contributed by atoms with E-state index in [0.717, 1.165) is 23.0 Å². The summed E-state index contributed by atoms with van der Waals surface area (Å²) in [6.07, 6.45) is 1.78. The molecule has 130 valence electrons. The third-order valence-electron chi connectivity index (χ3n) is 3.52. The summed E-state index contributed by atoms with van der Waals surface area (Å²) in [7, 11) is 5.34. The first kappa shape index (κ1) is 17.8. The van der Waals surface area contributed by atoms with E-state index in [1.54, 1.807) is 20.4 Å². The maximum atomic E-state index is 5.55. The van der Waals surface area contributed by atoms with Crippen LogP contribution in [0, 0.1) is 0 Å². The minimum Gasteiger partial charge on any atom is -0.491 e. The van der Waals surface area contributed by atoms with Crippen LogP contribution in [0.25, 0.3) is 0 Å². The summed E-state index contributed by atoms with van der Waals surface area (Å²) in [5, 5.41) is 10.7. The quantitative estimate of drug-likeness (QED) is 0.433. The van der Waals surface area contributed by atoms with E-state index in [9.17, 15) is 0 Å². The maximum Gasteiger partial charge on any atom is 0.191 e. The Labute approximate surface area is 142 Å². The summed E-state index contributed by atoms with van der Waals surface area (Å²) in [4.78, 5) is 4.23. The summed E-state index contributed by atoms with van der Waals surface area (Å²) < 4.78 is 12.3. The lowest BCUT2D eigenvalue weighted by molar-refractivity contribution is 0.146. The standard InChI is InChI=1S/C17H25N5O2/c1-18-17(20-13-15-8-9-21-22(15)2)19-12-14-4-6-16(7-5-14)24-11-10-23-3/h4-9H,10-13H2,1-3H3,(H2,18,19,20). The second kappa shape index (κ2) is 9.57. The smallest absolute Gasteiger partial charge is 0.191 e. The fourth-order valence-corrected chi connectivity index (χ4v) is 2.10. The lowest BCUT2D eigenvalue weighted by Gasteiger charge is -2.12. The number of benzene rings is 1. The van der Waals surface area contributed by atoms with Gasteiger partial charge in [0.05, 0.1) is 18.8 Å². The van der Waals surface area contributed by atoms with Crippen LogP contribution >= 0.6 is 0 Å². The Bertz CT molecular complexity index is 637. The summed E-state index contributed by atoms with van der Waals surface area (Å²) >= 11 is 0. The van der Waals surface area contributed by atoms with Gasteiger partial charge < -0.3 is 20.1 Å². The Morgan fingerprint density at radius 3 is 2.50 bits per heavy atom. The van der Waals surface area contributed by atoms with E-state index in [0.29, 0.717) is 26.3 Å². The molecule has 0 spiro atoms. The number of methoxy groups -OCH3 is 1. The lowest BCUT2D eigenvalue weighted by Crippen LogP contribution is -2.36. The number of aromatic nitrogens is 2. The van der Waals surface area contributed by atoms with Crippen LogP contribution in [0.2, 0.25) is 0 Å². The summed E-state index contributed by atoms with van der Waals surface area (Å²) in [5.41, 5.74) is 2.24. The molecule has 0 saturated heterocycles. The van der Waals surface area contributed by atoms with E-state index in [-0.39, 0.29) is 0 Å². The van der Waals surface area contributed by atoms with E-state index in [2.05, 4.69) is 20.7 Å². The molecule has 2 N–H and O–H groups in total. The fraction of sp³-hybridized carbons (Fsp3) is 0.412. The summed E-state index contributed by atoms with van der Waals surface area (Å²) in [6.45, 7) is 2.49. The Balaban J connectivity index is 1.77. The van der Waals surface area contributed by atoms with Gasteiger partial charge in [-0.05, 0) is 23.8 Å². The van der Waals surface area contributed by atoms with Gasteiger partial charge in [-0.2, -0.15) is 5.10 Å². The fourth-order valence-electron chi connectivity index (χ4n) is 2.10. The molecule has 7 heteroatoms. The molecule has 0 atom stereocenters. The average molecular weight is 331 g/mol. The van der Waals surface area contributed by atoms with Crippen molar-refractivity contribution >= 4 is 5.96 Å². The Morgan fingerprint density at radius 1 is 1.12 bits per heavy atom. The van der Waals surface area contributed by atoms with Crippen molar-refractivity contribution in [1.29, 1.82) is 0 Å². The van der Waals surface area contributed by atoms with Crippen molar-refractivity contribution in [2.75, 3.05) is 27.4 Å². The number of aliphatic imine (C=N–C) groups is 1. The first-order chi connectivity index (χ1) is 11.7. The molecule has 0 unspecified atom stereocenters. The van der Waals surface area contributed by atoms with Crippen LogP contribution in [0.3, 0.4) is 0 Å². The predicted octanol–water partition coefficient (Wildman–Crippen LogP) is 1.31. The van der Waals surface area contributed by atoms with Crippen molar-refractivity contribution in [2.45, 2.75) is 13.1 Å². The first-order valence-electron chi connectivity index (χ1n) is 7.85. The molecule has 1 aromatic heterocycles. The zero-order valence-corrected chi connectivity index (χ0v) is 14.5. The van der Waals surface area contributed by atoms with Crippen LogP contribution < -0.4 is 15.4 Å². The van der Waals surface area contributed by atoms with Crippen LogP contribution in [0.5, 0.6) is 5.75 Å². The first-order valence-corrected chi connectivity index (χ1v) is 7.85. The van der Waals surface area contributed by atoms with Crippen LogP contribution in [-0.4, -0.2) is 43.1 Å². The number of hydrogen-bond donors (Lipinski definition) is 2. The Morgan fingerprint density at radius 2 is 1.88 bits per heavy atom. The van der Waals surface area contributed by atoms with Gasteiger partial charge >= 0.3 is 0 Å². The number of hydrogen-bond acceptors (Lipinski definition) is 4. The van der Waals surface area contributed by atoms with E-state index >= 15 is 0 Å². The zero-order chi connectivity index (χ0) is 17.2. The van der Waals surface area contributed by atoms with Crippen LogP contribution in [0.4, 0.5) is 0 Å². The number of rotatable bonds is 8. The predicted molar refractivity (Wildman–Crippen MR) is 94.1 cm³/mol. The van der Waals surface area contributed by atoms with Gasteiger partial charge in [0.2, 0.25) is 0 Å². The van der Waals surface area contributed by atoms with Gasteiger partial charge in [-0.25, -0.2) is 0 Å².